The number of terminal acetylenes is 1. The van der Waals surface area contributed by atoms with Gasteiger partial charge in [-0.15, -0.1) is 6.42 Å². The summed E-state index contributed by atoms with van der Waals surface area (Å²) >= 11 is 0. The molecule has 0 aliphatic rings. The monoisotopic (exact) mass is 154 g/mol. The topological polar surface area (TPSA) is 55.1 Å². The van der Waals surface area contributed by atoms with Crippen LogP contribution in [0.25, 0.3) is 0 Å². The van der Waals surface area contributed by atoms with Crippen molar-refractivity contribution in [2.75, 3.05) is 6.54 Å². The highest BCUT2D eigenvalue weighted by Crippen LogP contribution is 1.91. The number of hydrogen-bond donors (Lipinski definition) is 2. The van der Waals surface area contributed by atoms with E-state index in [0.717, 1.165) is 6.42 Å². The lowest BCUT2D eigenvalue weighted by molar-refractivity contribution is -0.121. The highest BCUT2D eigenvalue weighted by atomic mass is 16.1. The summed E-state index contributed by atoms with van der Waals surface area (Å²) in [5, 5.41) is 2.54. The number of hydrogen-bond acceptors (Lipinski definition) is 2. The highest BCUT2D eigenvalue weighted by molar-refractivity contribution is 5.76. The van der Waals surface area contributed by atoms with Gasteiger partial charge in [-0.1, -0.05) is 12.8 Å². The summed E-state index contributed by atoms with van der Waals surface area (Å²) in [5.74, 6) is 2.25. The van der Waals surface area contributed by atoms with Crippen LogP contribution in [0.15, 0.2) is 0 Å². The van der Waals surface area contributed by atoms with E-state index in [1.165, 1.54) is 0 Å². The first kappa shape index (κ1) is 9.99. The molecule has 0 radical (unpaired) electrons. The fourth-order valence-corrected chi connectivity index (χ4v) is 0.604. The summed E-state index contributed by atoms with van der Waals surface area (Å²) in [6, 6.07) is -0.0484. The van der Waals surface area contributed by atoms with E-state index < -0.39 is 0 Å². The Labute approximate surface area is 67.3 Å². The molecule has 0 aliphatic carbocycles. The SMILES string of the molecule is C#CCNC(=O)CC(N)CC. The summed E-state index contributed by atoms with van der Waals surface area (Å²) in [6.45, 7) is 2.23. The second-order valence-electron chi connectivity index (χ2n) is 2.35. The minimum atomic E-state index is -0.0719. The molecular weight excluding hydrogens is 140 g/mol. The zero-order valence-corrected chi connectivity index (χ0v) is 6.76. The maximum absolute atomic E-state index is 10.9. The van der Waals surface area contributed by atoms with E-state index in [0.29, 0.717) is 6.42 Å². The Hall–Kier alpha value is -1.01. The summed E-state index contributed by atoms with van der Waals surface area (Å²) < 4.78 is 0. The smallest absolute Gasteiger partial charge is 0.222 e. The van der Waals surface area contributed by atoms with E-state index in [1.807, 2.05) is 6.92 Å². The van der Waals surface area contributed by atoms with Crippen LogP contribution in [0.2, 0.25) is 0 Å². The molecule has 1 amide bonds. The Kier molecular flexibility index (Phi) is 5.22. The van der Waals surface area contributed by atoms with Gasteiger partial charge < -0.3 is 11.1 Å². The van der Waals surface area contributed by atoms with Crippen molar-refractivity contribution in [2.45, 2.75) is 25.8 Å². The lowest BCUT2D eigenvalue weighted by Gasteiger charge is -2.06. The minimum Gasteiger partial charge on any atom is -0.345 e. The van der Waals surface area contributed by atoms with Gasteiger partial charge in [0.25, 0.3) is 0 Å². The van der Waals surface area contributed by atoms with E-state index in [9.17, 15) is 4.79 Å². The van der Waals surface area contributed by atoms with Gasteiger partial charge in [0.15, 0.2) is 0 Å². The molecule has 0 aromatic heterocycles. The van der Waals surface area contributed by atoms with Crippen molar-refractivity contribution in [1.82, 2.24) is 5.32 Å². The Bertz CT molecular complexity index is 160. The Morgan fingerprint density at radius 2 is 2.45 bits per heavy atom. The normalized spacial score (nSPS) is 11.7. The number of rotatable bonds is 4. The van der Waals surface area contributed by atoms with Crippen LogP contribution in [0.4, 0.5) is 0 Å². The van der Waals surface area contributed by atoms with Crippen LogP contribution in [-0.2, 0) is 4.79 Å². The molecule has 3 heteroatoms. The summed E-state index contributed by atoms with van der Waals surface area (Å²) in [5.41, 5.74) is 5.53. The van der Waals surface area contributed by atoms with Gasteiger partial charge >= 0.3 is 0 Å². The van der Waals surface area contributed by atoms with E-state index in [4.69, 9.17) is 12.2 Å². The van der Waals surface area contributed by atoms with Gasteiger partial charge in [0, 0.05) is 12.5 Å². The van der Waals surface area contributed by atoms with Crippen LogP contribution >= 0.6 is 0 Å². The van der Waals surface area contributed by atoms with Crippen LogP contribution in [0, 0.1) is 12.3 Å². The molecule has 0 aromatic rings. The second kappa shape index (κ2) is 5.75. The van der Waals surface area contributed by atoms with Gasteiger partial charge in [-0.25, -0.2) is 0 Å². The first-order valence-corrected chi connectivity index (χ1v) is 3.66. The molecule has 0 aromatic carbocycles. The van der Waals surface area contributed by atoms with Crippen LogP contribution < -0.4 is 11.1 Å². The van der Waals surface area contributed by atoms with Crippen molar-refractivity contribution in [3.63, 3.8) is 0 Å². The number of nitrogens with one attached hydrogen (secondary N) is 1. The predicted molar refractivity (Wildman–Crippen MR) is 44.7 cm³/mol. The number of nitrogens with two attached hydrogens (primary N) is 1. The molecular formula is C8H14N2O. The number of carbonyl (C=O) groups is 1. The minimum absolute atomic E-state index is 0.0484. The largest absolute Gasteiger partial charge is 0.345 e. The molecule has 0 fully saturated rings. The third kappa shape index (κ3) is 5.43. The predicted octanol–water partition coefficient (Wildman–Crippen LogP) is -0.137. The number of carbonyl (C=O) groups excluding carboxylic acids is 1. The van der Waals surface area contributed by atoms with Gasteiger partial charge in [0.1, 0.15) is 0 Å². The van der Waals surface area contributed by atoms with Crippen molar-refractivity contribution in [2.24, 2.45) is 5.73 Å². The fourth-order valence-electron chi connectivity index (χ4n) is 0.604. The summed E-state index contributed by atoms with van der Waals surface area (Å²) in [7, 11) is 0. The fraction of sp³-hybridized carbons (Fsp3) is 0.625. The van der Waals surface area contributed by atoms with Gasteiger partial charge in [-0.2, -0.15) is 0 Å². The van der Waals surface area contributed by atoms with Crippen molar-refractivity contribution < 1.29 is 4.79 Å². The molecule has 62 valence electrons. The van der Waals surface area contributed by atoms with E-state index in [1.54, 1.807) is 0 Å². The maximum Gasteiger partial charge on any atom is 0.222 e. The molecule has 0 bridgehead atoms. The lowest BCUT2D eigenvalue weighted by Crippen LogP contribution is -2.31. The number of amides is 1. The summed E-state index contributed by atoms with van der Waals surface area (Å²) in [4.78, 5) is 10.9. The third-order valence-corrected chi connectivity index (χ3v) is 1.36. The van der Waals surface area contributed by atoms with Crippen molar-refractivity contribution in [3.8, 4) is 12.3 Å². The first-order valence-electron chi connectivity index (χ1n) is 3.66. The Morgan fingerprint density at radius 1 is 1.82 bits per heavy atom. The van der Waals surface area contributed by atoms with E-state index >= 15 is 0 Å². The quantitative estimate of drug-likeness (QED) is 0.554. The van der Waals surface area contributed by atoms with E-state index in [2.05, 4.69) is 11.2 Å². The van der Waals surface area contributed by atoms with Crippen molar-refractivity contribution in [1.29, 1.82) is 0 Å². The molecule has 0 spiro atoms. The molecule has 0 heterocycles. The maximum atomic E-state index is 10.9. The highest BCUT2D eigenvalue weighted by Gasteiger charge is 2.05. The molecule has 1 unspecified atom stereocenters. The van der Waals surface area contributed by atoms with E-state index in [-0.39, 0.29) is 18.5 Å². The van der Waals surface area contributed by atoms with Crippen LogP contribution in [0.3, 0.4) is 0 Å². The molecule has 3 N–H and O–H groups in total. The molecule has 0 saturated heterocycles. The van der Waals surface area contributed by atoms with Gasteiger partial charge in [-0.05, 0) is 6.42 Å². The standard InChI is InChI=1S/C8H14N2O/c1-3-5-10-8(11)6-7(9)4-2/h1,7H,4-6,9H2,2H3,(H,10,11). The van der Waals surface area contributed by atoms with Crippen molar-refractivity contribution in [3.05, 3.63) is 0 Å². The molecule has 1 atom stereocenters. The lowest BCUT2D eigenvalue weighted by atomic mass is 10.1. The molecule has 11 heavy (non-hydrogen) atoms. The molecule has 0 rings (SSSR count). The Morgan fingerprint density at radius 3 is 2.91 bits per heavy atom. The van der Waals surface area contributed by atoms with Gasteiger partial charge in [0.05, 0.1) is 6.54 Å². The zero-order chi connectivity index (χ0) is 8.69. The van der Waals surface area contributed by atoms with Gasteiger partial charge in [0.2, 0.25) is 5.91 Å². The first-order chi connectivity index (χ1) is 5.20. The molecule has 0 aliphatic heterocycles. The Balaban J connectivity index is 3.45. The molecule has 3 nitrogen and oxygen atoms in total. The van der Waals surface area contributed by atoms with Crippen LogP contribution in [-0.4, -0.2) is 18.5 Å². The van der Waals surface area contributed by atoms with Crippen LogP contribution in [0.1, 0.15) is 19.8 Å². The van der Waals surface area contributed by atoms with Crippen LogP contribution in [0.5, 0.6) is 0 Å². The summed E-state index contributed by atoms with van der Waals surface area (Å²) in [6.07, 6.45) is 6.11. The van der Waals surface area contributed by atoms with Crippen molar-refractivity contribution >= 4 is 5.91 Å². The zero-order valence-electron chi connectivity index (χ0n) is 6.76. The molecule has 0 saturated carbocycles. The second-order valence-corrected chi connectivity index (χ2v) is 2.35. The third-order valence-electron chi connectivity index (χ3n) is 1.36. The average Bonchev–Trinajstić information content (AvgIpc) is 2.00. The van der Waals surface area contributed by atoms with Gasteiger partial charge in [-0.3, -0.25) is 4.79 Å². The average molecular weight is 154 g/mol.